The lowest BCUT2D eigenvalue weighted by atomic mass is 9.94. The van der Waals surface area contributed by atoms with Gasteiger partial charge >= 0.3 is 5.97 Å². The molecule has 0 aromatic heterocycles. The van der Waals surface area contributed by atoms with E-state index < -0.39 is 360 Å². The highest BCUT2D eigenvalue weighted by molar-refractivity contribution is 8.00. The van der Waals surface area contributed by atoms with Gasteiger partial charge in [-0.2, -0.15) is 16.6 Å². The molecule has 6 fully saturated rings. The van der Waals surface area contributed by atoms with Crippen molar-refractivity contribution in [2.75, 3.05) is 156 Å². The normalized spacial score (nSPS) is 30.0. The predicted molar refractivity (Wildman–Crippen MR) is 460 cm³/mol. The predicted octanol–water partition coefficient (Wildman–Crippen LogP) is -21.6. The summed E-state index contributed by atoms with van der Waals surface area (Å²) >= 11 is 2.07. The van der Waals surface area contributed by atoms with Gasteiger partial charge in [-0.3, -0.25) is 81.1 Å². The number of ether oxygens (including phenoxy) is 9. The number of carbonyl (C=O) groups is 14. The van der Waals surface area contributed by atoms with Crippen LogP contribution in [0.5, 0.6) is 0 Å². The number of carboxylic acids is 1. The molecule has 0 aromatic carbocycles. The average Bonchev–Trinajstić information content (AvgIpc) is 1.51. The van der Waals surface area contributed by atoms with Crippen molar-refractivity contribution in [2.24, 2.45) is 5.90 Å². The quantitative estimate of drug-likeness (QED) is 0.00671. The molecular weight excluding hydrogens is 1980 g/mol. The Hall–Kier alpha value is -7.61. The fourth-order valence-electron chi connectivity index (χ4n) is 13.8. The molecule has 0 aromatic rings. The molecule has 0 aliphatic carbocycles. The number of imide groups is 1. The molecule has 63 nitrogen and oxygen atoms in total. The first-order valence-corrected chi connectivity index (χ1v) is 46.6. The Morgan fingerprint density at radius 3 is 1.45 bits per heavy atom. The highest BCUT2D eigenvalue weighted by Crippen LogP contribution is 2.39. The van der Waals surface area contributed by atoms with E-state index in [4.69, 9.17) is 63.1 Å². The van der Waals surface area contributed by atoms with Gasteiger partial charge in [-0.05, 0) is 38.4 Å². The maximum atomic E-state index is 13.8. The number of amides is 13. The number of hydrogen-bond acceptors (Lipinski definition) is 53. The summed E-state index contributed by atoms with van der Waals surface area (Å²) in [5.74, 6) is -18.4. The molecule has 35 N–H and O–H groups in total. The number of nitrogens with one attached hydrogen (secondary N) is 10. The molecule has 13 amide bonds. The maximum absolute atomic E-state index is 13.8. The van der Waals surface area contributed by atoms with Crippen molar-refractivity contribution >= 4 is 118 Å². The zero-order valence-corrected chi connectivity index (χ0v) is 77.9. The van der Waals surface area contributed by atoms with E-state index in [1.807, 2.05) is 0 Å². The smallest absolute Gasteiger partial charge is 0.327 e. The lowest BCUT2D eigenvalue weighted by Gasteiger charge is -2.50. The summed E-state index contributed by atoms with van der Waals surface area (Å²) in [6, 6.07) is -4.90. The summed E-state index contributed by atoms with van der Waals surface area (Å²) in [6.07, 6.45) is -42.8. The molecule has 6 heterocycles. The van der Waals surface area contributed by atoms with Crippen LogP contribution in [0.1, 0.15) is 51.4 Å². The highest BCUT2D eigenvalue weighted by Gasteiger charge is 2.62. The third kappa shape index (κ3) is 35.9. The Balaban J connectivity index is 0.956. The summed E-state index contributed by atoms with van der Waals surface area (Å²) in [5, 5.41) is 256. The number of hydrogen-bond donors (Lipinski definition) is 34. The van der Waals surface area contributed by atoms with E-state index >= 15 is 0 Å². The Kier molecular flexibility index (Phi) is 51.8. The van der Waals surface area contributed by atoms with Crippen LogP contribution in [-0.4, -0.2) is 546 Å². The van der Waals surface area contributed by atoms with Crippen molar-refractivity contribution in [3.63, 3.8) is 0 Å². The monoisotopic (exact) mass is 2100 g/mol. The average molecular weight is 2100 g/mol. The van der Waals surface area contributed by atoms with E-state index in [0.717, 1.165) is 33.3 Å². The maximum Gasteiger partial charge on any atom is 0.327 e. The van der Waals surface area contributed by atoms with Crippen molar-refractivity contribution in [3.8, 4) is 0 Å². The summed E-state index contributed by atoms with van der Waals surface area (Å²) in [7, 11) is 1.51. The molecule has 0 spiro atoms. The molecule has 29 atom stereocenters. The first-order valence-electron chi connectivity index (χ1n) is 43.6. The Bertz CT molecular complexity index is 4030. The van der Waals surface area contributed by atoms with E-state index in [1.54, 1.807) is 0 Å². The van der Waals surface area contributed by atoms with Crippen LogP contribution in [0.15, 0.2) is 0 Å². The van der Waals surface area contributed by atoms with Gasteiger partial charge in [-0.25, -0.2) is 15.9 Å². The van der Waals surface area contributed by atoms with Gasteiger partial charge in [0.15, 0.2) is 25.2 Å². The minimum atomic E-state index is -3.11. The number of aliphatic hydroxyl groups excluding tert-OH is 18. The minimum Gasteiger partial charge on any atom is -0.480 e. The fraction of sp³-hybridized carbons (Fsp3) is 0.813. The second-order valence-electron chi connectivity index (χ2n) is 32.3. The molecule has 66 heteroatoms. The summed E-state index contributed by atoms with van der Waals surface area (Å²) in [6.45, 7) is -11.7. The molecule has 6 aliphatic rings. The number of carboxylic acid groups (broad SMARTS) is 1. The van der Waals surface area contributed by atoms with Gasteiger partial charge in [-0.15, -0.1) is 11.8 Å². The lowest BCUT2D eigenvalue weighted by molar-refractivity contribution is -0.464. The first kappa shape index (κ1) is 122. The number of carbonyl (C=O) groups excluding carboxylic acids is 13. The first-order chi connectivity index (χ1) is 66.7. The highest BCUT2D eigenvalue weighted by atomic mass is 32.2. The Morgan fingerprint density at radius 2 is 0.979 bits per heavy atom. The minimum absolute atomic E-state index is 0.0124. The third-order valence-electron chi connectivity index (χ3n) is 22.0. The second kappa shape index (κ2) is 59.9. The van der Waals surface area contributed by atoms with Crippen LogP contribution in [0.25, 0.3) is 0 Å². The summed E-state index contributed by atoms with van der Waals surface area (Å²) < 4.78 is 53.3. The standard InChI is InChI=1S/C75H126N14O49S3/c1-87(11-5-43(96)77-8-2-14-127-68-59(112)61(114)74(124,41(26-93)134-68)136-70-57(110)55(108)53(106)36(23-90)132-70)32-131-141-31-34(64(117)83-20-47(100)81-22-49(102)86-35(67(120)121)30-140-39-18-52(105)89(66(39)119)13-7-45(98)79-10-4-16-129-72(122)73(123,138-126)40(95)25-92)84-48(101)21-80-46(99)19-82-63(116)33(85-50(103)28-130-76)29-139-38-17-51(104)88(65(38)118)12-6-44(97)78-9-3-15-128-69-60(113)62(115)75(125,42(27-94)135-69)137-71-58(111)56(109)54(107)37(24-91)133-71/h33-42,53-62,66,68-72,90-95,106-115,119,122-126H,2-32,76H2,1H3,(H,77,96)(H,78,97)(H,79,98)(H,80,99)(H,81,100)(H,82,116)(H,83,117)(H,84,101)(H,85,103)(H,86,102)(H,120,121)/t33-,34-,35-,36?,37?,38?,39?,40?,41?,42?,53-,54-,55?,56?,57?,58?,59?,60?,61?,62?,66?,68+,69+,70-,71-,72?,73?,74+,75+/m0/s1. The van der Waals surface area contributed by atoms with Gasteiger partial charge in [-0.1, -0.05) is 0 Å². The topological polar surface area (TPSA) is 971 Å². The molecule has 18 unspecified atom stereocenters. The molecule has 0 radical (unpaired) electrons. The largest absolute Gasteiger partial charge is 0.480 e. The Morgan fingerprint density at radius 1 is 0.525 bits per heavy atom. The molecule has 0 bridgehead atoms. The second-order valence-corrected chi connectivity index (χ2v) is 35.6. The summed E-state index contributed by atoms with van der Waals surface area (Å²) in [4.78, 5) is 194. The number of aliphatic hydroxyl groups is 21. The SMILES string of the molecule is CN(CCC(=O)NCCCO[C@@H]1OC(CO)[C@@](O)(O[C@@H]2OC(CO)[C@H](O)C(O)C2O)C(O)C1O)COSC[C@H](NC(=O)CNC(=O)CNC(=O)[C@H](CSC1CC(=O)N(CCC(=O)NCCCO[C@@H]2OC(CO)[C@@](O)(O[C@@H]3OC(CO)[C@H](O)C(O)C3O)C(O)C2O)C1=O)NC(=O)CON)C(=O)NCC(=O)NCC(=O)N[C@@H](CSC1CC(=O)N(CCC(=O)NCCCOC(O)C(O)(OO)C(O)CO)C1O)C(=O)O. The van der Waals surface area contributed by atoms with Crippen LogP contribution in [0.4, 0.5) is 0 Å². The molecule has 6 rings (SSSR count). The van der Waals surface area contributed by atoms with Gasteiger partial charge in [0.05, 0.1) is 89.5 Å². The Labute approximate surface area is 812 Å². The number of rotatable bonds is 63. The number of aliphatic carboxylic acids is 1. The van der Waals surface area contributed by atoms with Gasteiger partial charge in [0.25, 0.3) is 5.79 Å². The van der Waals surface area contributed by atoms with Crippen molar-refractivity contribution in [1.29, 1.82) is 0 Å². The van der Waals surface area contributed by atoms with Crippen LogP contribution in [0.2, 0.25) is 0 Å². The van der Waals surface area contributed by atoms with Gasteiger partial charge in [0, 0.05) is 88.6 Å². The zero-order chi connectivity index (χ0) is 105. The van der Waals surface area contributed by atoms with Crippen molar-refractivity contribution in [2.45, 2.75) is 227 Å². The molecular formula is C75H126N14O49S3. The van der Waals surface area contributed by atoms with Crippen LogP contribution >= 0.6 is 35.6 Å². The molecule has 6 saturated heterocycles. The number of likely N-dealkylation sites (tertiary alicyclic amines) is 2. The molecule has 808 valence electrons. The van der Waals surface area contributed by atoms with Crippen molar-refractivity contribution < 1.29 is 241 Å². The third-order valence-corrected chi connectivity index (χ3v) is 25.4. The van der Waals surface area contributed by atoms with Gasteiger partial charge in [0.1, 0.15) is 129 Å². The zero-order valence-electron chi connectivity index (χ0n) is 75.5. The summed E-state index contributed by atoms with van der Waals surface area (Å²) in [5.41, 5.74) is 0. The fourth-order valence-corrected chi connectivity index (χ4v) is 16.9. The van der Waals surface area contributed by atoms with E-state index in [-0.39, 0.29) is 97.8 Å². The van der Waals surface area contributed by atoms with Crippen molar-refractivity contribution in [1.82, 2.24) is 67.9 Å². The molecule has 0 saturated carbocycles. The number of thioether (sulfide) groups is 2. The molecule has 6 aliphatic heterocycles. The van der Waals surface area contributed by atoms with Crippen molar-refractivity contribution in [3.05, 3.63) is 0 Å². The van der Waals surface area contributed by atoms with E-state index in [9.17, 15) is 174 Å². The number of nitrogens with two attached hydrogens (primary N) is 1. The lowest BCUT2D eigenvalue weighted by Crippen LogP contribution is -2.71. The van der Waals surface area contributed by atoms with E-state index in [0.29, 0.717) is 12.0 Å². The van der Waals surface area contributed by atoms with E-state index in [1.165, 1.54) is 11.9 Å². The molecule has 141 heavy (non-hydrogen) atoms. The van der Waals surface area contributed by atoms with Crippen LogP contribution in [0, 0.1) is 0 Å². The van der Waals surface area contributed by atoms with Crippen LogP contribution < -0.4 is 59.1 Å². The van der Waals surface area contributed by atoms with Crippen LogP contribution in [0.3, 0.4) is 0 Å². The van der Waals surface area contributed by atoms with Crippen LogP contribution in [-0.2, 0) is 124 Å². The van der Waals surface area contributed by atoms with E-state index in [2.05, 4.69) is 62.9 Å². The van der Waals surface area contributed by atoms with Gasteiger partial charge < -0.3 is 213 Å². The number of nitrogens with zero attached hydrogens (tertiary/aromatic N) is 3. The van der Waals surface area contributed by atoms with Gasteiger partial charge in [0.2, 0.25) is 94.7 Å².